The largest absolute Gasteiger partial charge is 0.447 e. The van der Waals surface area contributed by atoms with Crippen molar-refractivity contribution in [1.29, 1.82) is 5.26 Å². The van der Waals surface area contributed by atoms with Gasteiger partial charge in [-0.3, -0.25) is 9.78 Å². The molecule has 3 heterocycles. The zero-order valence-corrected chi connectivity index (χ0v) is 16.2. The third kappa shape index (κ3) is 4.82. The molecule has 0 aromatic carbocycles. The lowest BCUT2D eigenvalue weighted by atomic mass is 9.90. The fraction of sp³-hybridized carbons (Fsp3) is 0.474. The number of likely N-dealkylation sites (tertiary alicyclic amines) is 1. The van der Waals surface area contributed by atoms with Crippen LogP contribution in [0.4, 0.5) is 4.79 Å². The number of aliphatic hydroxyl groups is 1. The Morgan fingerprint density at radius 2 is 2.32 bits per heavy atom. The molecule has 148 valence electrons. The Kier molecular flexibility index (Phi) is 6.90. The van der Waals surface area contributed by atoms with Crippen LogP contribution in [-0.2, 0) is 16.0 Å². The fourth-order valence-electron chi connectivity index (χ4n) is 3.35. The molecule has 0 spiro atoms. The van der Waals surface area contributed by atoms with Crippen molar-refractivity contribution in [2.45, 2.75) is 24.5 Å². The van der Waals surface area contributed by atoms with Crippen LogP contribution < -0.4 is 5.32 Å². The molecule has 1 saturated heterocycles. The quantitative estimate of drug-likeness (QED) is 0.739. The molecule has 0 radical (unpaired) electrons. The zero-order chi connectivity index (χ0) is 19.9. The number of allylic oxidation sites excluding steroid dienone is 1. The van der Waals surface area contributed by atoms with E-state index in [4.69, 9.17) is 9.84 Å². The van der Waals surface area contributed by atoms with Gasteiger partial charge in [-0.15, -0.1) is 11.8 Å². The normalized spacial score (nSPS) is 21.1. The standard InChI is InChI=1S/C19H22N4O4S/c20-11-15-14-6-8-23(19(26)27-10-9-24)12-16(14)28-18(15)22-17(25)5-4-13-3-1-2-7-21-13/h1-3,7,14,16,24H,4-6,8-10,12H2,(H,22,25). The molecule has 0 saturated carbocycles. The van der Waals surface area contributed by atoms with Gasteiger partial charge in [0.1, 0.15) is 6.61 Å². The molecule has 2 atom stereocenters. The summed E-state index contributed by atoms with van der Waals surface area (Å²) in [6.45, 7) is 0.682. The number of pyridine rings is 1. The highest BCUT2D eigenvalue weighted by Gasteiger charge is 2.41. The Balaban J connectivity index is 1.56. The molecule has 3 rings (SSSR count). The monoisotopic (exact) mass is 402 g/mol. The van der Waals surface area contributed by atoms with Crippen molar-refractivity contribution in [2.24, 2.45) is 5.92 Å². The highest BCUT2D eigenvalue weighted by molar-refractivity contribution is 8.04. The van der Waals surface area contributed by atoms with E-state index in [1.807, 2.05) is 18.2 Å². The van der Waals surface area contributed by atoms with E-state index in [1.165, 1.54) is 11.8 Å². The first-order valence-electron chi connectivity index (χ1n) is 9.15. The number of aryl methyl sites for hydroxylation is 1. The number of fused-ring (bicyclic) bond motifs is 1. The number of ether oxygens (including phenoxy) is 1. The maximum absolute atomic E-state index is 12.3. The van der Waals surface area contributed by atoms with Gasteiger partial charge in [-0.05, 0) is 25.0 Å². The predicted molar refractivity (Wildman–Crippen MR) is 103 cm³/mol. The first-order chi connectivity index (χ1) is 13.6. The Labute approximate surface area is 167 Å². The molecule has 1 aromatic rings. The zero-order valence-electron chi connectivity index (χ0n) is 15.3. The second-order valence-electron chi connectivity index (χ2n) is 6.56. The summed E-state index contributed by atoms with van der Waals surface area (Å²) in [5.74, 6) is -0.137. The molecule has 0 bridgehead atoms. The van der Waals surface area contributed by atoms with Gasteiger partial charge in [0, 0.05) is 42.6 Å². The van der Waals surface area contributed by atoms with Crippen molar-refractivity contribution >= 4 is 23.8 Å². The van der Waals surface area contributed by atoms with Gasteiger partial charge >= 0.3 is 6.09 Å². The lowest BCUT2D eigenvalue weighted by Gasteiger charge is -2.33. The minimum absolute atomic E-state index is 0.0103. The fourth-order valence-corrected chi connectivity index (χ4v) is 4.84. The summed E-state index contributed by atoms with van der Waals surface area (Å²) < 4.78 is 4.97. The number of nitriles is 1. The summed E-state index contributed by atoms with van der Waals surface area (Å²) >= 11 is 1.43. The highest BCUT2D eigenvalue weighted by Crippen LogP contribution is 2.44. The Morgan fingerprint density at radius 1 is 1.46 bits per heavy atom. The molecule has 8 nitrogen and oxygen atoms in total. The van der Waals surface area contributed by atoms with Gasteiger partial charge in [-0.2, -0.15) is 5.26 Å². The van der Waals surface area contributed by atoms with Crippen LogP contribution >= 0.6 is 11.8 Å². The number of amides is 2. The molecule has 1 aromatic heterocycles. The summed E-state index contributed by atoms with van der Waals surface area (Å²) in [6.07, 6.45) is 2.69. The summed E-state index contributed by atoms with van der Waals surface area (Å²) in [7, 11) is 0. The second-order valence-corrected chi connectivity index (χ2v) is 7.81. The van der Waals surface area contributed by atoms with Gasteiger partial charge in [-0.25, -0.2) is 4.79 Å². The number of aromatic nitrogens is 1. The molecule has 2 N–H and O–H groups in total. The van der Waals surface area contributed by atoms with Crippen molar-refractivity contribution in [3.8, 4) is 6.07 Å². The lowest BCUT2D eigenvalue weighted by Crippen LogP contribution is -2.44. The topological polar surface area (TPSA) is 116 Å². The van der Waals surface area contributed by atoms with E-state index in [1.54, 1.807) is 11.1 Å². The van der Waals surface area contributed by atoms with Crippen molar-refractivity contribution < 1.29 is 19.4 Å². The third-order valence-corrected chi connectivity index (χ3v) is 6.06. The number of piperidine rings is 1. The molecule has 2 aliphatic heterocycles. The van der Waals surface area contributed by atoms with Crippen LogP contribution in [0.15, 0.2) is 35.0 Å². The Hall–Kier alpha value is -2.57. The maximum atomic E-state index is 12.3. The smallest absolute Gasteiger partial charge is 0.409 e. The van der Waals surface area contributed by atoms with Gasteiger partial charge in [0.15, 0.2) is 0 Å². The molecule has 2 amide bonds. The third-order valence-electron chi connectivity index (χ3n) is 4.73. The average molecular weight is 402 g/mol. The van der Waals surface area contributed by atoms with E-state index in [0.717, 1.165) is 5.69 Å². The summed E-state index contributed by atoms with van der Waals surface area (Å²) in [5, 5.41) is 21.8. The number of rotatable bonds is 6. The van der Waals surface area contributed by atoms with Crippen LogP contribution in [0, 0.1) is 17.2 Å². The van der Waals surface area contributed by atoms with E-state index >= 15 is 0 Å². The van der Waals surface area contributed by atoms with Gasteiger partial charge < -0.3 is 20.1 Å². The van der Waals surface area contributed by atoms with Crippen LogP contribution in [0.25, 0.3) is 0 Å². The number of nitrogens with one attached hydrogen (secondary N) is 1. The number of nitrogens with zero attached hydrogens (tertiary/aromatic N) is 3. The molecule has 1 fully saturated rings. The van der Waals surface area contributed by atoms with Crippen molar-refractivity contribution in [3.63, 3.8) is 0 Å². The highest BCUT2D eigenvalue weighted by atomic mass is 32.2. The molecular weight excluding hydrogens is 380 g/mol. The van der Waals surface area contributed by atoms with Crippen LogP contribution in [0.3, 0.4) is 0 Å². The number of hydrogen-bond acceptors (Lipinski definition) is 7. The van der Waals surface area contributed by atoms with Gasteiger partial charge in [-0.1, -0.05) is 6.07 Å². The van der Waals surface area contributed by atoms with E-state index in [0.29, 0.717) is 36.5 Å². The second kappa shape index (κ2) is 9.57. The van der Waals surface area contributed by atoms with Gasteiger partial charge in [0.25, 0.3) is 0 Å². The molecule has 2 aliphatic rings. The number of carbonyl (C=O) groups is 2. The van der Waals surface area contributed by atoms with E-state index in [-0.39, 0.29) is 36.7 Å². The summed E-state index contributed by atoms with van der Waals surface area (Å²) in [5.41, 5.74) is 1.43. The summed E-state index contributed by atoms with van der Waals surface area (Å²) in [6, 6.07) is 7.81. The molecule has 2 unspecified atom stereocenters. The number of aliphatic hydroxyl groups excluding tert-OH is 1. The van der Waals surface area contributed by atoms with Gasteiger partial charge in [0.2, 0.25) is 5.91 Å². The molecule has 0 aliphatic carbocycles. The Morgan fingerprint density at radius 3 is 3.04 bits per heavy atom. The first kappa shape index (κ1) is 20.2. The van der Waals surface area contributed by atoms with Crippen molar-refractivity contribution in [2.75, 3.05) is 26.3 Å². The van der Waals surface area contributed by atoms with Crippen molar-refractivity contribution in [3.05, 3.63) is 40.7 Å². The lowest BCUT2D eigenvalue weighted by molar-refractivity contribution is -0.120. The SMILES string of the molecule is N#CC1=C(NC(=O)CCc2ccccn2)SC2CN(C(=O)OCCO)CCC12. The first-order valence-corrected chi connectivity index (χ1v) is 10.0. The Bertz CT molecular complexity index is 793. The minimum Gasteiger partial charge on any atom is -0.447 e. The minimum atomic E-state index is -0.459. The van der Waals surface area contributed by atoms with Crippen LogP contribution in [0.5, 0.6) is 0 Å². The maximum Gasteiger partial charge on any atom is 0.409 e. The average Bonchev–Trinajstić information content (AvgIpc) is 3.07. The van der Waals surface area contributed by atoms with Gasteiger partial charge in [0.05, 0.1) is 23.3 Å². The van der Waals surface area contributed by atoms with E-state index in [9.17, 15) is 14.9 Å². The number of carbonyl (C=O) groups excluding carboxylic acids is 2. The number of thioether (sulfide) groups is 1. The van der Waals surface area contributed by atoms with Crippen LogP contribution in [-0.4, -0.2) is 58.5 Å². The predicted octanol–water partition coefficient (Wildman–Crippen LogP) is 1.43. The van der Waals surface area contributed by atoms with E-state index < -0.39 is 6.09 Å². The van der Waals surface area contributed by atoms with Crippen molar-refractivity contribution in [1.82, 2.24) is 15.2 Å². The molecule has 9 heteroatoms. The van der Waals surface area contributed by atoms with E-state index in [2.05, 4.69) is 16.4 Å². The van der Waals surface area contributed by atoms with Crippen LogP contribution in [0.2, 0.25) is 0 Å². The molecular formula is C19H22N4O4S. The number of hydrogen-bond donors (Lipinski definition) is 2. The summed E-state index contributed by atoms with van der Waals surface area (Å²) in [4.78, 5) is 30.1. The van der Waals surface area contributed by atoms with Crippen LogP contribution in [0.1, 0.15) is 18.5 Å². The molecule has 28 heavy (non-hydrogen) atoms.